The third kappa shape index (κ3) is 3.79. The molecule has 2 nitrogen and oxygen atoms in total. The van der Waals surface area contributed by atoms with Gasteiger partial charge in [0.15, 0.2) is 0 Å². The number of nitrogens with zero attached hydrogens (tertiary/aromatic N) is 1. The smallest absolute Gasteiger partial charge is 0.143 e. The first-order chi connectivity index (χ1) is 21.3. The Labute approximate surface area is 252 Å². The lowest BCUT2D eigenvalue weighted by Crippen LogP contribution is -2.10. The predicted octanol–water partition coefficient (Wildman–Crippen LogP) is 12.2. The van der Waals surface area contributed by atoms with E-state index in [1.54, 1.807) is 0 Å². The first kappa shape index (κ1) is 24.2. The van der Waals surface area contributed by atoms with Gasteiger partial charge in [-0.3, -0.25) is 0 Å². The van der Waals surface area contributed by atoms with Gasteiger partial charge in [-0.25, -0.2) is 0 Å². The van der Waals surface area contributed by atoms with Crippen LogP contribution in [-0.4, -0.2) is 0 Å². The van der Waals surface area contributed by atoms with Gasteiger partial charge in [0.25, 0.3) is 0 Å². The van der Waals surface area contributed by atoms with Crippen molar-refractivity contribution in [2.75, 3.05) is 4.90 Å². The number of hydrogen-bond donors (Lipinski definition) is 0. The van der Waals surface area contributed by atoms with E-state index in [0.717, 1.165) is 39.0 Å². The van der Waals surface area contributed by atoms with E-state index in [2.05, 4.69) is 150 Å². The lowest BCUT2D eigenvalue weighted by Gasteiger charge is -2.27. The summed E-state index contributed by atoms with van der Waals surface area (Å²) in [5.74, 6) is 0. The molecule has 0 saturated heterocycles. The largest absolute Gasteiger partial charge is 0.455 e. The van der Waals surface area contributed by atoms with Gasteiger partial charge in [-0.2, -0.15) is 0 Å². The monoisotopic (exact) mass is 567 g/mol. The molecule has 0 aliphatic carbocycles. The minimum Gasteiger partial charge on any atom is -0.455 e. The number of thiophene rings is 1. The molecule has 0 bridgehead atoms. The molecule has 9 rings (SSSR count). The van der Waals surface area contributed by atoms with E-state index in [4.69, 9.17) is 4.42 Å². The summed E-state index contributed by atoms with van der Waals surface area (Å²) in [6.45, 7) is 0. The number of furan rings is 1. The Kier molecular flexibility index (Phi) is 5.40. The van der Waals surface area contributed by atoms with Crippen LogP contribution in [0.15, 0.2) is 156 Å². The zero-order valence-electron chi connectivity index (χ0n) is 23.2. The number of anilines is 3. The van der Waals surface area contributed by atoms with Crippen LogP contribution in [0, 0.1) is 0 Å². The summed E-state index contributed by atoms with van der Waals surface area (Å²) < 4.78 is 9.22. The molecule has 0 radical (unpaired) electrons. The molecule has 7 aromatic carbocycles. The molecule has 0 unspecified atom stereocenters. The fourth-order valence-electron chi connectivity index (χ4n) is 6.50. The van der Waals surface area contributed by atoms with E-state index in [0.29, 0.717) is 0 Å². The minimum atomic E-state index is 0.916. The van der Waals surface area contributed by atoms with Crippen LogP contribution >= 0.6 is 11.3 Å². The van der Waals surface area contributed by atoms with Gasteiger partial charge in [-0.1, -0.05) is 103 Å². The molecule has 0 aliphatic rings. The molecular formula is C40H25NOS. The fraction of sp³-hybridized carbons (Fsp3) is 0. The Morgan fingerprint density at radius 3 is 1.88 bits per heavy atom. The summed E-state index contributed by atoms with van der Waals surface area (Å²) in [6, 6.07) is 54.1. The third-order valence-corrected chi connectivity index (χ3v) is 9.57. The van der Waals surface area contributed by atoms with Crippen molar-refractivity contribution in [1.29, 1.82) is 0 Å². The maximum Gasteiger partial charge on any atom is 0.143 e. The molecule has 43 heavy (non-hydrogen) atoms. The van der Waals surface area contributed by atoms with Gasteiger partial charge in [-0.15, -0.1) is 11.3 Å². The standard InChI is InChI=1S/C40H25NOS/c1-3-11-26(12-4-1)27-19-21-29(22-20-27)41(28-13-5-2-6-14-28)34-25-37-38(33-16-8-10-18-36(33)43-37)39-32(34)24-23-31-30-15-7-9-17-35(30)42-40(31)39/h1-25H. The molecule has 202 valence electrons. The van der Waals surface area contributed by atoms with Crippen LogP contribution in [0.1, 0.15) is 0 Å². The molecule has 2 heterocycles. The fourth-order valence-corrected chi connectivity index (χ4v) is 7.65. The van der Waals surface area contributed by atoms with Crippen molar-refractivity contribution in [1.82, 2.24) is 0 Å². The summed E-state index contributed by atoms with van der Waals surface area (Å²) in [7, 11) is 0. The van der Waals surface area contributed by atoms with Crippen LogP contribution < -0.4 is 4.90 Å². The van der Waals surface area contributed by atoms with Crippen molar-refractivity contribution >= 4 is 81.3 Å². The quantitative estimate of drug-likeness (QED) is 0.210. The Morgan fingerprint density at radius 1 is 0.442 bits per heavy atom. The average Bonchev–Trinajstić information content (AvgIpc) is 3.64. The maximum absolute atomic E-state index is 6.69. The number of fused-ring (bicyclic) bond motifs is 9. The maximum atomic E-state index is 6.69. The summed E-state index contributed by atoms with van der Waals surface area (Å²) in [4.78, 5) is 2.38. The van der Waals surface area contributed by atoms with Crippen LogP contribution in [0.3, 0.4) is 0 Å². The van der Waals surface area contributed by atoms with Crippen molar-refractivity contribution < 1.29 is 4.42 Å². The molecule has 0 amide bonds. The molecule has 0 aliphatic heterocycles. The van der Waals surface area contributed by atoms with Crippen molar-refractivity contribution in [2.24, 2.45) is 0 Å². The van der Waals surface area contributed by atoms with Gasteiger partial charge in [0, 0.05) is 53.1 Å². The second-order valence-electron chi connectivity index (χ2n) is 10.9. The first-order valence-electron chi connectivity index (χ1n) is 14.5. The van der Waals surface area contributed by atoms with Gasteiger partial charge < -0.3 is 9.32 Å². The molecule has 0 atom stereocenters. The predicted molar refractivity (Wildman–Crippen MR) is 184 cm³/mol. The van der Waals surface area contributed by atoms with E-state index in [1.165, 1.54) is 42.1 Å². The molecule has 0 N–H and O–H groups in total. The van der Waals surface area contributed by atoms with E-state index in [-0.39, 0.29) is 0 Å². The molecule has 9 aromatic rings. The van der Waals surface area contributed by atoms with Gasteiger partial charge in [0.05, 0.1) is 5.69 Å². The van der Waals surface area contributed by atoms with Crippen LogP contribution in [0.2, 0.25) is 0 Å². The second-order valence-corrected chi connectivity index (χ2v) is 12.0. The van der Waals surface area contributed by atoms with Crippen LogP contribution in [0.4, 0.5) is 17.1 Å². The molecule has 0 fully saturated rings. The Balaban J connectivity index is 1.38. The molecular weight excluding hydrogens is 543 g/mol. The Bertz CT molecular complexity index is 2440. The zero-order valence-corrected chi connectivity index (χ0v) is 24.0. The number of rotatable bonds is 4. The van der Waals surface area contributed by atoms with E-state index < -0.39 is 0 Å². The SMILES string of the molecule is c1ccc(-c2ccc(N(c3ccccc3)c3cc4sc5ccccc5c4c4c3ccc3c5ccccc5oc34)cc2)cc1. The number of para-hydroxylation sites is 2. The van der Waals surface area contributed by atoms with E-state index in [1.807, 2.05) is 17.4 Å². The molecule has 3 heteroatoms. The number of hydrogen-bond acceptors (Lipinski definition) is 3. The molecule has 2 aromatic heterocycles. The lowest BCUT2D eigenvalue weighted by molar-refractivity contribution is 0.673. The average molecular weight is 568 g/mol. The zero-order chi connectivity index (χ0) is 28.3. The molecule has 0 saturated carbocycles. The minimum absolute atomic E-state index is 0.916. The van der Waals surface area contributed by atoms with Crippen molar-refractivity contribution in [3.8, 4) is 11.1 Å². The normalized spacial score (nSPS) is 11.7. The van der Waals surface area contributed by atoms with Crippen LogP contribution in [-0.2, 0) is 0 Å². The van der Waals surface area contributed by atoms with Crippen molar-refractivity contribution in [3.63, 3.8) is 0 Å². The Morgan fingerprint density at radius 2 is 1.07 bits per heavy atom. The Hall–Kier alpha value is -5.38. The summed E-state index contributed by atoms with van der Waals surface area (Å²) >= 11 is 1.85. The molecule has 0 spiro atoms. The summed E-state index contributed by atoms with van der Waals surface area (Å²) in [6.07, 6.45) is 0. The van der Waals surface area contributed by atoms with Gasteiger partial charge in [0.1, 0.15) is 11.2 Å². The third-order valence-electron chi connectivity index (χ3n) is 8.45. The first-order valence-corrected chi connectivity index (χ1v) is 15.3. The van der Waals surface area contributed by atoms with E-state index >= 15 is 0 Å². The van der Waals surface area contributed by atoms with Crippen LogP contribution in [0.5, 0.6) is 0 Å². The highest BCUT2D eigenvalue weighted by atomic mass is 32.1. The van der Waals surface area contributed by atoms with Crippen molar-refractivity contribution in [3.05, 3.63) is 152 Å². The van der Waals surface area contributed by atoms with Crippen molar-refractivity contribution in [2.45, 2.75) is 0 Å². The highest BCUT2D eigenvalue weighted by Gasteiger charge is 2.22. The lowest BCUT2D eigenvalue weighted by atomic mass is 9.98. The topological polar surface area (TPSA) is 16.4 Å². The van der Waals surface area contributed by atoms with E-state index in [9.17, 15) is 0 Å². The summed E-state index contributed by atoms with van der Waals surface area (Å²) in [5, 5.41) is 7.16. The van der Waals surface area contributed by atoms with Crippen LogP contribution in [0.25, 0.3) is 64.0 Å². The van der Waals surface area contributed by atoms with Gasteiger partial charge in [-0.05, 0) is 59.7 Å². The number of benzene rings is 7. The highest BCUT2D eigenvalue weighted by molar-refractivity contribution is 7.26. The summed E-state index contributed by atoms with van der Waals surface area (Å²) in [5.41, 5.74) is 7.63. The van der Waals surface area contributed by atoms with Gasteiger partial charge in [0.2, 0.25) is 0 Å². The van der Waals surface area contributed by atoms with Gasteiger partial charge >= 0.3 is 0 Å². The highest BCUT2D eigenvalue weighted by Crippen LogP contribution is 2.49. The second kappa shape index (κ2) is 9.59.